The van der Waals surface area contributed by atoms with Crippen molar-refractivity contribution in [3.05, 3.63) is 187 Å². The Morgan fingerprint density at radius 1 is 0.436 bits per heavy atom. The quantitative estimate of drug-likeness (QED) is 0.170. The molecule has 0 aliphatic heterocycles. The van der Waals surface area contributed by atoms with Crippen molar-refractivity contribution in [1.29, 1.82) is 0 Å². The lowest BCUT2D eigenvalue weighted by Crippen LogP contribution is -1.94. The van der Waals surface area contributed by atoms with Gasteiger partial charge in [-0.2, -0.15) is 0 Å². The summed E-state index contributed by atoms with van der Waals surface area (Å²) in [5.74, 6) is 0. The maximum atomic E-state index is 5.32. The number of rotatable bonds is 4. The molecule has 258 valence electrons. The fourth-order valence-corrected chi connectivity index (χ4v) is 9.44. The lowest BCUT2D eigenvalue weighted by atomic mass is 9.94. The van der Waals surface area contributed by atoms with E-state index in [1.165, 1.54) is 47.5 Å². The maximum Gasteiger partial charge on any atom is 0.0972 e. The van der Waals surface area contributed by atoms with Crippen LogP contribution in [0.5, 0.6) is 0 Å². The summed E-state index contributed by atoms with van der Waals surface area (Å²) < 4.78 is 2.63. The molecule has 0 amide bonds. The molecule has 11 rings (SSSR count). The predicted octanol–water partition coefficient (Wildman–Crippen LogP) is 14.0. The molecule has 0 atom stereocenters. The topological polar surface area (TPSA) is 38.7 Å². The molecule has 0 N–H and O–H groups in total. The lowest BCUT2D eigenvalue weighted by molar-refractivity contribution is 1.05. The number of para-hydroxylation sites is 1. The molecular formula is C51H33N3S. The molecule has 6 aromatic carbocycles. The van der Waals surface area contributed by atoms with Crippen LogP contribution in [-0.4, -0.2) is 15.0 Å². The second kappa shape index (κ2) is 13.0. The number of benzene rings is 6. The van der Waals surface area contributed by atoms with Crippen molar-refractivity contribution < 1.29 is 0 Å². The molecule has 0 saturated heterocycles. The minimum absolute atomic E-state index is 0.927. The zero-order valence-electron chi connectivity index (χ0n) is 29.9. The molecule has 4 aromatic heterocycles. The van der Waals surface area contributed by atoms with E-state index in [1.54, 1.807) is 0 Å². The molecule has 0 unspecified atom stereocenters. The normalized spacial score (nSPS) is 15.9. The number of thiophene rings is 1. The minimum Gasteiger partial charge on any atom is -0.247 e. The van der Waals surface area contributed by atoms with Crippen LogP contribution in [0.4, 0.5) is 0 Å². The number of hydrogen-bond donors (Lipinski definition) is 0. The van der Waals surface area contributed by atoms with E-state index in [0.717, 1.165) is 73.9 Å². The first-order valence-corrected chi connectivity index (χ1v) is 19.7. The fraction of sp³-hybridized carbons (Fsp3) is 0.0392. The average Bonchev–Trinajstić information content (AvgIpc) is 3.62. The van der Waals surface area contributed by atoms with Gasteiger partial charge in [0.05, 0.1) is 33.6 Å². The highest BCUT2D eigenvalue weighted by Crippen LogP contribution is 2.43. The van der Waals surface area contributed by atoms with Gasteiger partial charge in [0.15, 0.2) is 0 Å². The van der Waals surface area contributed by atoms with Gasteiger partial charge in [0.1, 0.15) is 0 Å². The van der Waals surface area contributed by atoms with Gasteiger partial charge in [0, 0.05) is 58.2 Å². The fourth-order valence-electron chi connectivity index (χ4n) is 8.18. The van der Waals surface area contributed by atoms with Crippen LogP contribution >= 0.6 is 11.3 Å². The van der Waals surface area contributed by atoms with Crippen LogP contribution in [0.25, 0.3) is 97.3 Å². The highest BCUT2D eigenvalue weighted by Gasteiger charge is 2.17. The van der Waals surface area contributed by atoms with Gasteiger partial charge in [0.2, 0.25) is 0 Å². The first kappa shape index (κ1) is 31.7. The van der Waals surface area contributed by atoms with Crippen molar-refractivity contribution in [2.45, 2.75) is 12.8 Å². The van der Waals surface area contributed by atoms with E-state index in [-0.39, 0.29) is 0 Å². The highest BCUT2D eigenvalue weighted by atomic mass is 32.1. The molecule has 1 aliphatic carbocycles. The molecule has 4 heterocycles. The van der Waals surface area contributed by atoms with Crippen LogP contribution in [0.15, 0.2) is 176 Å². The molecule has 3 nitrogen and oxygen atoms in total. The van der Waals surface area contributed by atoms with Crippen molar-refractivity contribution >= 4 is 86.1 Å². The summed E-state index contributed by atoms with van der Waals surface area (Å²) in [4.78, 5) is 15.7. The van der Waals surface area contributed by atoms with E-state index >= 15 is 0 Å². The molecular weight excluding hydrogens is 687 g/mol. The van der Waals surface area contributed by atoms with Gasteiger partial charge in [-0.1, -0.05) is 146 Å². The van der Waals surface area contributed by atoms with E-state index in [9.17, 15) is 0 Å². The lowest BCUT2D eigenvalue weighted by Gasteiger charge is -2.13. The summed E-state index contributed by atoms with van der Waals surface area (Å²) in [6.07, 6.45) is 11.0. The van der Waals surface area contributed by atoms with Crippen molar-refractivity contribution in [3.63, 3.8) is 0 Å². The highest BCUT2D eigenvalue weighted by molar-refractivity contribution is 7.26. The summed E-state index contributed by atoms with van der Waals surface area (Å²) in [6, 6.07) is 54.0. The van der Waals surface area contributed by atoms with E-state index in [1.807, 2.05) is 17.4 Å². The third kappa shape index (κ3) is 5.45. The van der Waals surface area contributed by atoms with E-state index < -0.39 is 0 Å². The van der Waals surface area contributed by atoms with Gasteiger partial charge < -0.3 is 0 Å². The molecule has 0 bridgehead atoms. The Bertz CT molecular complexity index is 3260. The van der Waals surface area contributed by atoms with Crippen molar-refractivity contribution in [1.82, 2.24) is 15.0 Å². The monoisotopic (exact) mass is 719 g/mol. The van der Waals surface area contributed by atoms with Crippen LogP contribution < -0.4 is 0 Å². The predicted molar refractivity (Wildman–Crippen MR) is 234 cm³/mol. The summed E-state index contributed by atoms with van der Waals surface area (Å²) in [5.41, 5.74) is 11.5. The number of allylic oxidation sites excluding steroid dienone is 6. The van der Waals surface area contributed by atoms with Crippen molar-refractivity contribution in [2.24, 2.45) is 0 Å². The smallest absolute Gasteiger partial charge is 0.0972 e. The molecule has 0 spiro atoms. The number of hydrogen-bond acceptors (Lipinski definition) is 4. The summed E-state index contributed by atoms with van der Waals surface area (Å²) in [6.45, 7) is 0. The first-order valence-electron chi connectivity index (χ1n) is 18.8. The van der Waals surface area contributed by atoms with Gasteiger partial charge in [-0.05, 0) is 59.9 Å². The zero-order chi connectivity index (χ0) is 36.3. The van der Waals surface area contributed by atoms with Crippen LogP contribution in [0.2, 0.25) is 0 Å². The Hall–Kier alpha value is -6.75. The van der Waals surface area contributed by atoms with Gasteiger partial charge in [0.25, 0.3) is 0 Å². The SMILES string of the molecule is C1=C\C(c2cccc(-c3nc4ccccc4c4c3ccc3c5ccccc5sc34)c2)=C/CC/C=C/1c1ccc2ccc3ccc(-c4ccccc4)nc3c2n1. The standard InChI is InChI=1S/C51H33N3S/c1-2-12-33(13-3-1)43-29-25-35-23-24-36-26-30-44(53-50(36)49(35)52-43)34-14-5-4-11-32(21-22-34)37-15-10-16-38(31-37)48-42-28-27-40-39-17-7-9-20-46(39)55-51(40)47(42)41-18-6-8-19-45(41)54-48/h1-3,6-31H,4-5H2/b22-21-,32-11+,34-14-. The van der Waals surface area contributed by atoms with E-state index in [0.29, 0.717) is 0 Å². The Morgan fingerprint density at radius 2 is 1.07 bits per heavy atom. The van der Waals surface area contributed by atoms with E-state index in [4.69, 9.17) is 15.0 Å². The van der Waals surface area contributed by atoms with Crippen LogP contribution in [0, 0.1) is 0 Å². The molecule has 0 saturated carbocycles. The average molecular weight is 720 g/mol. The third-order valence-electron chi connectivity index (χ3n) is 10.9. The number of nitrogens with zero attached hydrogens (tertiary/aromatic N) is 3. The Morgan fingerprint density at radius 3 is 1.93 bits per heavy atom. The summed E-state index contributed by atoms with van der Waals surface area (Å²) in [7, 11) is 0. The van der Waals surface area contributed by atoms with Gasteiger partial charge >= 0.3 is 0 Å². The van der Waals surface area contributed by atoms with E-state index in [2.05, 4.69) is 170 Å². The van der Waals surface area contributed by atoms with Gasteiger partial charge in [-0.15, -0.1) is 11.3 Å². The summed E-state index contributed by atoms with van der Waals surface area (Å²) >= 11 is 1.88. The Balaban J connectivity index is 0.982. The van der Waals surface area contributed by atoms with Crippen molar-refractivity contribution in [3.8, 4) is 22.5 Å². The number of fused-ring (bicyclic) bond motifs is 10. The number of aromatic nitrogens is 3. The van der Waals surface area contributed by atoms with Crippen molar-refractivity contribution in [2.75, 3.05) is 0 Å². The molecule has 55 heavy (non-hydrogen) atoms. The molecule has 1 aliphatic rings. The Kier molecular flexibility index (Phi) is 7.49. The van der Waals surface area contributed by atoms with Gasteiger partial charge in [-0.3, -0.25) is 0 Å². The summed E-state index contributed by atoms with van der Waals surface area (Å²) in [5, 5.41) is 8.46. The Labute approximate surface area is 322 Å². The zero-order valence-corrected chi connectivity index (χ0v) is 30.7. The maximum absolute atomic E-state index is 5.32. The molecule has 10 aromatic rings. The minimum atomic E-state index is 0.927. The van der Waals surface area contributed by atoms with Gasteiger partial charge in [-0.25, -0.2) is 15.0 Å². The second-order valence-corrected chi connectivity index (χ2v) is 15.3. The number of pyridine rings is 3. The molecule has 0 fully saturated rings. The first-order chi connectivity index (χ1) is 27.2. The largest absolute Gasteiger partial charge is 0.247 e. The molecule has 0 radical (unpaired) electrons. The van der Waals surface area contributed by atoms with Crippen LogP contribution in [0.3, 0.4) is 0 Å². The third-order valence-corrected chi connectivity index (χ3v) is 12.1. The van der Waals surface area contributed by atoms with Crippen LogP contribution in [0.1, 0.15) is 24.1 Å². The molecule has 4 heteroatoms. The second-order valence-electron chi connectivity index (χ2n) is 14.2. The van der Waals surface area contributed by atoms with Crippen LogP contribution in [-0.2, 0) is 0 Å².